The maximum Gasteiger partial charge on any atom is 0.226 e. The van der Waals surface area contributed by atoms with Crippen molar-refractivity contribution in [2.75, 3.05) is 23.7 Å². The van der Waals surface area contributed by atoms with Crippen molar-refractivity contribution < 1.29 is 17.9 Å². The zero-order valence-corrected chi connectivity index (χ0v) is 13.9. The topological polar surface area (TPSA) is 89.7 Å². The van der Waals surface area contributed by atoms with Crippen LogP contribution in [0.5, 0.6) is 5.75 Å². The van der Waals surface area contributed by atoms with Gasteiger partial charge in [0.15, 0.2) is 9.84 Å². The molecule has 0 fully saturated rings. The van der Waals surface area contributed by atoms with Gasteiger partial charge in [0, 0.05) is 13.0 Å². The number of nitrogens with zero attached hydrogens (tertiary/aromatic N) is 1. The molecule has 1 heterocycles. The van der Waals surface area contributed by atoms with Crippen LogP contribution < -0.4 is 15.4 Å². The molecule has 0 unspecified atom stereocenters. The summed E-state index contributed by atoms with van der Waals surface area (Å²) in [6.07, 6.45) is 0.343. The quantitative estimate of drug-likeness (QED) is 0.901. The van der Waals surface area contributed by atoms with Crippen molar-refractivity contribution in [1.82, 2.24) is 0 Å². The van der Waals surface area contributed by atoms with Crippen LogP contribution in [-0.4, -0.2) is 38.8 Å². The van der Waals surface area contributed by atoms with E-state index in [0.717, 1.165) is 0 Å². The highest BCUT2D eigenvalue weighted by Gasteiger charge is 2.35. The maximum atomic E-state index is 12.2. The van der Waals surface area contributed by atoms with Gasteiger partial charge in [0.2, 0.25) is 5.91 Å². The van der Waals surface area contributed by atoms with Crippen molar-refractivity contribution in [2.45, 2.75) is 37.7 Å². The molecule has 7 heteroatoms. The highest BCUT2D eigenvalue weighted by atomic mass is 32.2. The molecule has 0 aromatic heterocycles. The van der Waals surface area contributed by atoms with E-state index in [1.807, 2.05) is 13.8 Å². The van der Waals surface area contributed by atoms with E-state index in [1.165, 1.54) is 12.1 Å². The highest BCUT2D eigenvalue weighted by molar-refractivity contribution is 7.91. The van der Waals surface area contributed by atoms with Crippen LogP contribution in [0.3, 0.4) is 0 Å². The Balaban J connectivity index is 2.52. The summed E-state index contributed by atoms with van der Waals surface area (Å²) in [6.45, 7) is 6.00. The zero-order chi connectivity index (χ0) is 16.5. The summed E-state index contributed by atoms with van der Waals surface area (Å²) in [6, 6.07) is 4.61. The molecule has 1 aliphatic heterocycles. The molecule has 0 aliphatic carbocycles. The summed E-state index contributed by atoms with van der Waals surface area (Å²) in [4.78, 5) is 14.0. The van der Waals surface area contributed by atoms with Gasteiger partial charge in [-0.1, -0.05) is 6.92 Å². The fraction of sp³-hybridized carbons (Fsp3) is 0.533. The van der Waals surface area contributed by atoms with E-state index in [-0.39, 0.29) is 23.1 Å². The fourth-order valence-corrected chi connectivity index (χ4v) is 3.58. The molecule has 122 valence electrons. The van der Waals surface area contributed by atoms with Crippen LogP contribution in [0.1, 0.15) is 27.2 Å². The number of carbonyl (C=O) groups excluding carboxylic acids is 1. The molecular formula is C15H22N2O4S. The standard InChI is InChI=1S/C15H22N2O4S/c1-4-14(18)17-10-15(2,3)21-13-6-5-11(9-12(13)17)22(19,20)8-7-16/h5-6,9H,4,7-8,10,16H2,1-3H3. The summed E-state index contributed by atoms with van der Waals surface area (Å²) in [5, 5.41) is 0. The number of hydrogen-bond donors (Lipinski definition) is 1. The Morgan fingerprint density at radius 1 is 1.41 bits per heavy atom. The number of ether oxygens (including phenoxy) is 1. The Kier molecular flexibility index (Phi) is 4.49. The molecule has 22 heavy (non-hydrogen) atoms. The minimum absolute atomic E-state index is 0.0561. The molecule has 0 spiro atoms. The number of benzene rings is 1. The van der Waals surface area contributed by atoms with Crippen molar-refractivity contribution >= 4 is 21.4 Å². The first-order valence-electron chi connectivity index (χ1n) is 7.26. The Morgan fingerprint density at radius 3 is 2.68 bits per heavy atom. The predicted octanol–water partition coefficient (Wildman–Crippen LogP) is 1.33. The predicted molar refractivity (Wildman–Crippen MR) is 84.9 cm³/mol. The van der Waals surface area contributed by atoms with Crippen LogP contribution in [0.4, 0.5) is 5.69 Å². The third-order valence-electron chi connectivity index (χ3n) is 3.50. The SMILES string of the molecule is CCC(=O)N1CC(C)(C)Oc2ccc(S(=O)(=O)CCN)cc21. The van der Waals surface area contributed by atoms with Gasteiger partial charge in [-0.25, -0.2) is 8.42 Å². The van der Waals surface area contributed by atoms with Crippen molar-refractivity contribution in [3.8, 4) is 5.75 Å². The highest BCUT2D eigenvalue weighted by Crippen LogP contribution is 2.38. The minimum atomic E-state index is -3.45. The van der Waals surface area contributed by atoms with Crippen LogP contribution >= 0.6 is 0 Å². The average molecular weight is 326 g/mol. The molecule has 2 rings (SSSR count). The van der Waals surface area contributed by atoms with Crippen LogP contribution in [0.25, 0.3) is 0 Å². The van der Waals surface area contributed by atoms with E-state index in [0.29, 0.717) is 24.4 Å². The summed E-state index contributed by atoms with van der Waals surface area (Å²) < 4.78 is 30.2. The van der Waals surface area contributed by atoms with Gasteiger partial charge < -0.3 is 15.4 Å². The first-order valence-corrected chi connectivity index (χ1v) is 8.91. The molecule has 2 N–H and O–H groups in total. The van der Waals surface area contributed by atoms with E-state index in [9.17, 15) is 13.2 Å². The lowest BCUT2D eigenvalue weighted by Gasteiger charge is -2.39. The molecule has 0 radical (unpaired) electrons. The first kappa shape index (κ1) is 16.8. The largest absolute Gasteiger partial charge is 0.484 e. The van der Waals surface area contributed by atoms with Gasteiger partial charge in [0.25, 0.3) is 0 Å². The monoisotopic (exact) mass is 326 g/mol. The first-order chi connectivity index (χ1) is 10.2. The van der Waals surface area contributed by atoms with Crippen LogP contribution in [0, 0.1) is 0 Å². The summed E-state index contributed by atoms with van der Waals surface area (Å²) in [5.74, 6) is 0.329. The van der Waals surface area contributed by atoms with Crippen molar-refractivity contribution in [3.63, 3.8) is 0 Å². The molecule has 0 saturated carbocycles. The number of rotatable bonds is 4. The lowest BCUT2D eigenvalue weighted by Crippen LogP contribution is -2.49. The molecular weight excluding hydrogens is 304 g/mol. The number of hydrogen-bond acceptors (Lipinski definition) is 5. The van der Waals surface area contributed by atoms with E-state index in [2.05, 4.69) is 0 Å². The molecule has 0 atom stereocenters. The second-order valence-corrected chi connectivity index (χ2v) is 8.04. The van der Waals surface area contributed by atoms with E-state index >= 15 is 0 Å². The normalized spacial score (nSPS) is 16.8. The van der Waals surface area contributed by atoms with Crippen molar-refractivity contribution in [1.29, 1.82) is 0 Å². The van der Waals surface area contributed by atoms with Crippen molar-refractivity contribution in [2.24, 2.45) is 5.73 Å². The Labute approximate surface area is 131 Å². The van der Waals surface area contributed by atoms with Gasteiger partial charge in [-0.2, -0.15) is 0 Å². The zero-order valence-electron chi connectivity index (χ0n) is 13.1. The third-order valence-corrected chi connectivity index (χ3v) is 5.24. The molecule has 0 bridgehead atoms. The fourth-order valence-electron chi connectivity index (χ4n) is 2.47. The second-order valence-electron chi connectivity index (χ2n) is 5.93. The number of fused-ring (bicyclic) bond motifs is 1. The van der Waals surface area contributed by atoms with E-state index < -0.39 is 15.4 Å². The molecule has 1 amide bonds. The number of amides is 1. The molecule has 0 saturated heterocycles. The van der Waals surface area contributed by atoms with Crippen LogP contribution in [0.15, 0.2) is 23.1 Å². The second kappa shape index (κ2) is 5.89. The molecule has 6 nitrogen and oxygen atoms in total. The average Bonchev–Trinajstić information content (AvgIpc) is 2.44. The Hall–Kier alpha value is -1.60. The lowest BCUT2D eigenvalue weighted by molar-refractivity contribution is -0.119. The number of anilines is 1. The number of carbonyl (C=O) groups is 1. The molecule has 1 aromatic rings. The maximum absolute atomic E-state index is 12.2. The van der Waals surface area contributed by atoms with Crippen LogP contribution in [-0.2, 0) is 14.6 Å². The van der Waals surface area contributed by atoms with Crippen LogP contribution in [0.2, 0.25) is 0 Å². The van der Waals surface area contributed by atoms with Gasteiger partial charge >= 0.3 is 0 Å². The summed E-state index contributed by atoms with van der Waals surface area (Å²) >= 11 is 0. The van der Waals surface area contributed by atoms with Gasteiger partial charge in [0.05, 0.1) is 22.9 Å². The van der Waals surface area contributed by atoms with Gasteiger partial charge in [0.1, 0.15) is 11.4 Å². The summed E-state index contributed by atoms with van der Waals surface area (Å²) in [5.41, 5.74) is 5.34. The Bertz CT molecular complexity index is 683. The summed E-state index contributed by atoms with van der Waals surface area (Å²) in [7, 11) is -3.45. The molecule has 1 aromatic carbocycles. The number of sulfone groups is 1. The van der Waals surface area contributed by atoms with Gasteiger partial charge in [-0.15, -0.1) is 0 Å². The van der Waals surface area contributed by atoms with Gasteiger partial charge in [-0.05, 0) is 32.0 Å². The number of nitrogens with two attached hydrogens (primary N) is 1. The lowest BCUT2D eigenvalue weighted by atomic mass is 10.0. The minimum Gasteiger partial charge on any atom is -0.484 e. The van der Waals surface area contributed by atoms with E-state index in [1.54, 1.807) is 17.9 Å². The molecule has 1 aliphatic rings. The van der Waals surface area contributed by atoms with E-state index in [4.69, 9.17) is 10.5 Å². The van der Waals surface area contributed by atoms with Gasteiger partial charge in [-0.3, -0.25) is 4.79 Å². The third kappa shape index (κ3) is 3.25. The smallest absolute Gasteiger partial charge is 0.226 e. The Morgan fingerprint density at radius 2 is 2.09 bits per heavy atom. The van der Waals surface area contributed by atoms with Crippen molar-refractivity contribution in [3.05, 3.63) is 18.2 Å².